The number of methoxy groups -OCH3 is 4. The van der Waals surface area contributed by atoms with Gasteiger partial charge in [0.15, 0.2) is 23.0 Å². The largest absolute Gasteiger partial charge is 0.502 e. The molecule has 0 radical (unpaired) electrons. The molecule has 2 aromatic rings. The number of aliphatic hydroxyl groups is 1. The molecule has 0 aliphatic carbocycles. The van der Waals surface area contributed by atoms with Crippen LogP contribution in [0.2, 0.25) is 0 Å². The van der Waals surface area contributed by atoms with Gasteiger partial charge in [-0.25, -0.2) is 0 Å². The van der Waals surface area contributed by atoms with Crippen molar-refractivity contribution >= 4 is 6.08 Å². The third kappa shape index (κ3) is 4.86. The average molecular weight is 404 g/mol. The van der Waals surface area contributed by atoms with E-state index in [0.717, 1.165) is 5.56 Å². The van der Waals surface area contributed by atoms with Crippen LogP contribution in [0.1, 0.15) is 31.1 Å². The number of ether oxygens (including phenoxy) is 5. The van der Waals surface area contributed by atoms with Crippen LogP contribution in [-0.2, 0) is 0 Å². The lowest BCUT2D eigenvalue weighted by atomic mass is 10.0. The number of aromatic hydroxyl groups is 1. The van der Waals surface area contributed by atoms with Gasteiger partial charge in [-0.3, -0.25) is 0 Å². The number of allylic oxidation sites excluding steroid dienone is 1. The number of phenols is 1. The van der Waals surface area contributed by atoms with Crippen molar-refractivity contribution in [3.63, 3.8) is 0 Å². The third-order valence-corrected chi connectivity index (χ3v) is 4.43. The summed E-state index contributed by atoms with van der Waals surface area (Å²) in [7, 11) is 5.93. The second kappa shape index (κ2) is 9.93. The molecule has 7 nitrogen and oxygen atoms in total. The number of phenolic OH excluding ortho intramolecular Hbond substituents is 1. The maximum Gasteiger partial charge on any atom is 0.203 e. The normalized spacial score (nSPS) is 13.1. The Morgan fingerprint density at radius 3 is 1.72 bits per heavy atom. The van der Waals surface area contributed by atoms with E-state index in [2.05, 4.69) is 0 Å². The molecule has 7 heteroatoms. The summed E-state index contributed by atoms with van der Waals surface area (Å²) in [5, 5.41) is 20.9. The van der Waals surface area contributed by atoms with E-state index in [1.807, 2.05) is 31.2 Å². The van der Waals surface area contributed by atoms with Gasteiger partial charge in [-0.1, -0.05) is 12.2 Å². The molecule has 0 fully saturated rings. The highest BCUT2D eigenvalue weighted by Gasteiger charge is 2.25. The molecule has 0 bridgehead atoms. The van der Waals surface area contributed by atoms with E-state index in [1.165, 1.54) is 40.6 Å². The van der Waals surface area contributed by atoms with Crippen LogP contribution in [0.25, 0.3) is 6.08 Å². The standard InChI is InChI=1S/C22H28O7/c1-7-8-14-9-18(27-5)22(19(10-14)28-6)29-13(2)20(23)15-11-16(25-3)21(24)17(12-15)26-4/h7-13,20,23-24H,1-6H3/t13-,20-/m0/s1. The topological polar surface area (TPSA) is 86.6 Å². The van der Waals surface area contributed by atoms with E-state index in [1.54, 1.807) is 6.92 Å². The Morgan fingerprint density at radius 2 is 1.31 bits per heavy atom. The third-order valence-electron chi connectivity index (χ3n) is 4.43. The van der Waals surface area contributed by atoms with E-state index >= 15 is 0 Å². The van der Waals surface area contributed by atoms with Crippen LogP contribution in [0.5, 0.6) is 34.5 Å². The molecule has 158 valence electrons. The zero-order valence-corrected chi connectivity index (χ0v) is 17.6. The Kier molecular flexibility index (Phi) is 7.61. The number of hydrogen-bond donors (Lipinski definition) is 2. The molecule has 0 saturated carbocycles. The maximum absolute atomic E-state index is 10.8. The Morgan fingerprint density at radius 1 is 0.828 bits per heavy atom. The van der Waals surface area contributed by atoms with Gasteiger partial charge < -0.3 is 33.9 Å². The van der Waals surface area contributed by atoms with Gasteiger partial charge in [-0.15, -0.1) is 0 Å². The average Bonchev–Trinajstić information content (AvgIpc) is 2.74. The van der Waals surface area contributed by atoms with Gasteiger partial charge in [-0.05, 0) is 49.2 Å². The van der Waals surface area contributed by atoms with Crippen LogP contribution < -0.4 is 23.7 Å². The predicted octanol–water partition coefficient (Wildman–Crippen LogP) is 3.96. The minimum atomic E-state index is -1.04. The van der Waals surface area contributed by atoms with Crippen molar-refractivity contribution in [2.24, 2.45) is 0 Å². The van der Waals surface area contributed by atoms with Gasteiger partial charge in [0.1, 0.15) is 12.2 Å². The summed E-state index contributed by atoms with van der Waals surface area (Å²) in [6, 6.07) is 6.71. The first kappa shape index (κ1) is 22.2. The summed E-state index contributed by atoms with van der Waals surface area (Å²) in [5.41, 5.74) is 1.36. The number of rotatable bonds is 9. The van der Waals surface area contributed by atoms with E-state index in [4.69, 9.17) is 23.7 Å². The molecule has 0 aliphatic heterocycles. The number of hydrogen-bond acceptors (Lipinski definition) is 7. The lowest BCUT2D eigenvalue weighted by molar-refractivity contribution is 0.0431. The predicted molar refractivity (Wildman–Crippen MR) is 111 cm³/mol. The molecule has 2 aromatic carbocycles. The smallest absolute Gasteiger partial charge is 0.203 e. The molecule has 29 heavy (non-hydrogen) atoms. The molecule has 0 saturated heterocycles. The van der Waals surface area contributed by atoms with Gasteiger partial charge in [0.25, 0.3) is 0 Å². The van der Waals surface area contributed by atoms with Crippen LogP contribution in [0.4, 0.5) is 0 Å². The molecular weight excluding hydrogens is 376 g/mol. The number of benzene rings is 2. The summed E-state index contributed by atoms with van der Waals surface area (Å²) in [4.78, 5) is 0. The molecule has 0 aliphatic rings. The summed E-state index contributed by atoms with van der Waals surface area (Å²) in [5.74, 6) is 1.60. The van der Waals surface area contributed by atoms with E-state index < -0.39 is 12.2 Å². The molecule has 0 amide bonds. The van der Waals surface area contributed by atoms with Gasteiger partial charge >= 0.3 is 0 Å². The van der Waals surface area contributed by atoms with Gasteiger partial charge in [0.2, 0.25) is 11.5 Å². The zero-order valence-electron chi connectivity index (χ0n) is 17.6. The lowest BCUT2D eigenvalue weighted by Gasteiger charge is -2.24. The van der Waals surface area contributed by atoms with Crippen molar-refractivity contribution in [2.75, 3.05) is 28.4 Å². The molecule has 2 N–H and O–H groups in total. The van der Waals surface area contributed by atoms with Crippen LogP contribution >= 0.6 is 0 Å². The summed E-state index contributed by atoms with van der Waals surface area (Å²) >= 11 is 0. The Labute approximate surface area is 171 Å². The highest BCUT2D eigenvalue weighted by Crippen LogP contribution is 2.42. The van der Waals surface area contributed by atoms with Crippen molar-refractivity contribution in [3.8, 4) is 34.5 Å². The van der Waals surface area contributed by atoms with Crippen molar-refractivity contribution in [1.82, 2.24) is 0 Å². The highest BCUT2D eigenvalue weighted by atomic mass is 16.5. The van der Waals surface area contributed by atoms with Gasteiger partial charge in [0.05, 0.1) is 28.4 Å². The lowest BCUT2D eigenvalue weighted by Crippen LogP contribution is -2.22. The fourth-order valence-electron chi connectivity index (χ4n) is 2.91. The second-order valence-electron chi connectivity index (χ2n) is 6.30. The highest BCUT2D eigenvalue weighted by molar-refractivity contribution is 5.62. The van der Waals surface area contributed by atoms with Crippen LogP contribution in [0.15, 0.2) is 30.3 Å². The molecule has 0 unspecified atom stereocenters. The van der Waals surface area contributed by atoms with E-state index in [0.29, 0.717) is 22.8 Å². The SMILES string of the molecule is CC=Cc1cc(OC)c(O[C@@H](C)[C@H](O)c2cc(OC)c(O)c(OC)c2)c(OC)c1. The second-order valence-corrected chi connectivity index (χ2v) is 6.30. The van der Waals surface area contributed by atoms with Crippen molar-refractivity contribution < 1.29 is 33.9 Å². The first-order valence-electron chi connectivity index (χ1n) is 9.08. The van der Waals surface area contributed by atoms with Crippen LogP contribution in [0.3, 0.4) is 0 Å². The molecule has 0 aromatic heterocycles. The quantitative estimate of drug-likeness (QED) is 0.654. The molecule has 2 atom stereocenters. The first-order chi connectivity index (χ1) is 13.9. The van der Waals surface area contributed by atoms with Crippen molar-refractivity contribution in [1.29, 1.82) is 0 Å². The van der Waals surface area contributed by atoms with Gasteiger partial charge in [0, 0.05) is 0 Å². The minimum absolute atomic E-state index is 0.137. The Hall–Kier alpha value is -3.06. The van der Waals surface area contributed by atoms with Gasteiger partial charge in [-0.2, -0.15) is 0 Å². The summed E-state index contributed by atoms with van der Waals surface area (Å²) in [6.07, 6.45) is 2.11. The fraction of sp³-hybridized carbons (Fsp3) is 0.364. The molecule has 2 rings (SSSR count). The molecular formula is C22H28O7. The van der Waals surface area contributed by atoms with Crippen LogP contribution in [0, 0.1) is 0 Å². The van der Waals surface area contributed by atoms with E-state index in [-0.39, 0.29) is 17.2 Å². The molecule has 0 spiro atoms. The van der Waals surface area contributed by atoms with Crippen LogP contribution in [-0.4, -0.2) is 44.8 Å². The van der Waals surface area contributed by atoms with E-state index in [9.17, 15) is 10.2 Å². The maximum atomic E-state index is 10.8. The Bertz CT molecular complexity index is 810. The number of aliphatic hydroxyl groups excluding tert-OH is 1. The fourth-order valence-corrected chi connectivity index (χ4v) is 2.91. The Balaban J connectivity index is 2.38. The molecule has 0 heterocycles. The zero-order chi connectivity index (χ0) is 21.6. The summed E-state index contributed by atoms with van der Waals surface area (Å²) in [6.45, 7) is 3.64. The van der Waals surface area contributed by atoms with Crippen molar-refractivity contribution in [2.45, 2.75) is 26.1 Å². The first-order valence-corrected chi connectivity index (χ1v) is 9.08. The summed E-state index contributed by atoms with van der Waals surface area (Å²) < 4.78 is 27.2. The van der Waals surface area contributed by atoms with Crippen molar-refractivity contribution in [3.05, 3.63) is 41.5 Å². The monoisotopic (exact) mass is 404 g/mol. The minimum Gasteiger partial charge on any atom is -0.502 e.